The Labute approximate surface area is 147 Å². The zero-order chi connectivity index (χ0) is 19.0. The van der Waals surface area contributed by atoms with Gasteiger partial charge in [-0.05, 0) is 38.1 Å². The summed E-state index contributed by atoms with van der Waals surface area (Å²) in [6, 6.07) is 1.88. The number of thioether (sulfide) groups is 1. The molecule has 1 heterocycles. The van der Waals surface area contributed by atoms with E-state index in [1.807, 2.05) is 0 Å². The van der Waals surface area contributed by atoms with Crippen LogP contribution in [0.15, 0.2) is 29.2 Å². The van der Waals surface area contributed by atoms with Gasteiger partial charge in [-0.1, -0.05) is 0 Å². The highest BCUT2D eigenvalue weighted by molar-refractivity contribution is 8.00. The third-order valence-corrected chi connectivity index (χ3v) is 7.11. The lowest BCUT2D eigenvalue weighted by Crippen LogP contribution is -2.61. The van der Waals surface area contributed by atoms with E-state index >= 15 is 0 Å². The summed E-state index contributed by atoms with van der Waals surface area (Å²) >= 11 is 1.37. The van der Waals surface area contributed by atoms with Crippen LogP contribution in [0.5, 0.6) is 0 Å². The third-order valence-electron chi connectivity index (χ3n) is 3.88. The fraction of sp³-hybridized carbons (Fsp3) is 0.500. The van der Waals surface area contributed by atoms with Crippen LogP contribution in [0.25, 0.3) is 0 Å². The van der Waals surface area contributed by atoms with Gasteiger partial charge in [-0.2, -0.15) is 29.2 Å². The fourth-order valence-electron chi connectivity index (χ4n) is 2.67. The molecule has 1 fully saturated rings. The van der Waals surface area contributed by atoms with Crippen LogP contribution in [0.2, 0.25) is 0 Å². The lowest BCUT2D eigenvalue weighted by Gasteiger charge is -2.43. The van der Waals surface area contributed by atoms with Gasteiger partial charge in [-0.3, -0.25) is 10.0 Å². The molecule has 25 heavy (non-hydrogen) atoms. The van der Waals surface area contributed by atoms with Gasteiger partial charge in [0.05, 0.1) is 10.5 Å². The Bertz CT molecular complexity index is 748. The number of hydrogen-bond acceptors (Lipinski definition) is 5. The van der Waals surface area contributed by atoms with E-state index < -0.39 is 38.5 Å². The number of sulfonamides is 1. The number of nitrogens with one attached hydrogen (secondary N) is 1. The third kappa shape index (κ3) is 3.94. The number of rotatable bonds is 3. The predicted molar refractivity (Wildman–Crippen MR) is 85.6 cm³/mol. The Kier molecular flexibility index (Phi) is 5.43. The highest BCUT2D eigenvalue weighted by Crippen LogP contribution is 2.38. The number of amides is 1. The highest BCUT2D eigenvalue weighted by Gasteiger charge is 2.48. The van der Waals surface area contributed by atoms with Crippen molar-refractivity contribution in [3.63, 3.8) is 0 Å². The molecule has 1 atom stereocenters. The van der Waals surface area contributed by atoms with E-state index in [-0.39, 0.29) is 11.4 Å². The summed E-state index contributed by atoms with van der Waals surface area (Å²) in [6.45, 7) is 3.31. The van der Waals surface area contributed by atoms with E-state index in [1.165, 1.54) is 17.2 Å². The summed E-state index contributed by atoms with van der Waals surface area (Å²) in [7, 11) is -4.22. The zero-order valence-corrected chi connectivity index (χ0v) is 15.0. The van der Waals surface area contributed by atoms with Gasteiger partial charge in [-0.15, -0.1) is 0 Å². The first kappa shape index (κ1) is 20.0. The van der Waals surface area contributed by atoms with Gasteiger partial charge < -0.3 is 0 Å². The number of carbonyl (C=O) groups is 1. The first-order valence-electron chi connectivity index (χ1n) is 7.18. The maximum atomic E-state index is 12.8. The number of alkyl halides is 3. The molecule has 0 aromatic heterocycles. The lowest BCUT2D eigenvalue weighted by molar-refractivity contribution is -0.137. The molecule has 1 aromatic carbocycles. The summed E-state index contributed by atoms with van der Waals surface area (Å²) in [5.41, 5.74) is 0.499. The van der Waals surface area contributed by atoms with Gasteiger partial charge in [-0.25, -0.2) is 13.9 Å². The maximum Gasteiger partial charge on any atom is 0.416 e. The molecule has 0 bridgehead atoms. The van der Waals surface area contributed by atoms with Crippen LogP contribution in [-0.4, -0.2) is 46.9 Å². The standard InChI is InChI=1S/C14H17F3N2O4S2/c1-13(2)11(12(20)18-21)19(7-8-24-13)25(22,23)10-5-3-9(4-6-10)14(15,16)17/h3-6,11,21H,7-8H2,1-2H3,(H,18,20)/t11-/m0/s1. The largest absolute Gasteiger partial charge is 0.416 e. The number of halogens is 3. The van der Waals surface area contributed by atoms with Crippen LogP contribution >= 0.6 is 11.8 Å². The molecule has 140 valence electrons. The van der Waals surface area contributed by atoms with Crippen molar-refractivity contribution in [1.82, 2.24) is 9.79 Å². The number of hydrogen-bond donors (Lipinski definition) is 2. The molecule has 0 spiro atoms. The highest BCUT2D eigenvalue weighted by atomic mass is 32.2. The fourth-order valence-corrected chi connectivity index (χ4v) is 5.78. The molecular weight excluding hydrogens is 381 g/mol. The smallest absolute Gasteiger partial charge is 0.289 e. The van der Waals surface area contributed by atoms with Crippen molar-refractivity contribution < 1.29 is 31.6 Å². The Hall–Kier alpha value is -1.30. The Morgan fingerprint density at radius 2 is 1.88 bits per heavy atom. The first-order chi connectivity index (χ1) is 11.4. The number of hydroxylamine groups is 1. The van der Waals surface area contributed by atoms with Crippen molar-refractivity contribution in [3.8, 4) is 0 Å². The van der Waals surface area contributed by atoms with Crippen LogP contribution < -0.4 is 5.48 Å². The molecule has 0 radical (unpaired) electrons. The van der Waals surface area contributed by atoms with Crippen LogP contribution in [0, 0.1) is 0 Å². The minimum atomic E-state index is -4.58. The molecule has 2 N–H and O–H groups in total. The van der Waals surface area contributed by atoms with E-state index in [4.69, 9.17) is 5.21 Å². The van der Waals surface area contributed by atoms with Gasteiger partial charge in [0.25, 0.3) is 5.91 Å². The monoisotopic (exact) mass is 398 g/mol. The van der Waals surface area contributed by atoms with Gasteiger partial charge in [0.15, 0.2) is 0 Å². The van der Waals surface area contributed by atoms with Crippen LogP contribution in [-0.2, 0) is 21.0 Å². The second kappa shape index (κ2) is 6.78. The SMILES string of the molecule is CC1(C)SCCN(S(=O)(=O)c2ccc(C(F)(F)F)cc2)[C@H]1C(=O)NO. The van der Waals surface area contributed by atoms with Crippen LogP contribution in [0.1, 0.15) is 19.4 Å². The van der Waals surface area contributed by atoms with Crippen molar-refractivity contribution in [3.05, 3.63) is 29.8 Å². The lowest BCUT2D eigenvalue weighted by atomic mass is 10.0. The second-order valence-electron chi connectivity index (χ2n) is 5.97. The molecule has 0 aliphatic carbocycles. The van der Waals surface area contributed by atoms with Gasteiger partial charge in [0.2, 0.25) is 10.0 Å². The van der Waals surface area contributed by atoms with Crippen LogP contribution in [0.3, 0.4) is 0 Å². The molecular formula is C14H17F3N2O4S2. The zero-order valence-electron chi connectivity index (χ0n) is 13.4. The molecule has 1 saturated heterocycles. The van der Waals surface area contributed by atoms with E-state index in [9.17, 15) is 26.4 Å². The van der Waals surface area contributed by atoms with Crippen molar-refractivity contribution in [2.75, 3.05) is 12.3 Å². The Morgan fingerprint density at radius 3 is 2.36 bits per heavy atom. The summed E-state index contributed by atoms with van der Waals surface area (Å²) in [5, 5.41) is 8.94. The van der Waals surface area contributed by atoms with Crippen molar-refractivity contribution in [1.29, 1.82) is 0 Å². The molecule has 1 aliphatic rings. The predicted octanol–water partition coefficient (Wildman–Crippen LogP) is 2.10. The molecule has 1 amide bonds. The molecule has 1 aliphatic heterocycles. The molecule has 0 unspecified atom stereocenters. The average Bonchev–Trinajstić information content (AvgIpc) is 2.52. The molecule has 6 nitrogen and oxygen atoms in total. The first-order valence-corrected chi connectivity index (χ1v) is 9.61. The van der Waals surface area contributed by atoms with Gasteiger partial charge in [0, 0.05) is 17.0 Å². The summed E-state index contributed by atoms with van der Waals surface area (Å²) in [4.78, 5) is 11.7. The Morgan fingerprint density at radius 1 is 1.32 bits per heavy atom. The van der Waals surface area contributed by atoms with E-state index in [0.29, 0.717) is 17.9 Å². The maximum absolute atomic E-state index is 12.8. The minimum absolute atomic E-state index is 0.00443. The molecule has 0 saturated carbocycles. The second-order valence-corrected chi connectivity index (χ2v) is 9.61. The molecule has 2 rings (SSSR count). The van der Waals surface area contributed by atoms with Crippen molar-refractivity contribution >= 4 is 27.7 Å². The average molecular weight is 398 g/mol. The minimum Gasteiger partial charge on any atom is -0.289 e. The molecule has 11 heteroatoms. The van der Waals surface area contributed by atoms with E-state index in [2.05, 4.69) is 0 Å². The van der Waals surface area contributed by atoms with Crippen LogP contribution in [0.4, 0.5) is 13.2 Å². The quantitative estimate of drug-likeness (QED) is 0.602. The normalized spacial score (nSPS) is 21.8. The van der Waals surface area contributed by atoms with Gasteiger partial charge in [0.1, 0.15) is 6.04 Å². The summed E-state index contributed by atoms with van der Waals surface area (Å²) in [5.74, 6) is -0.491. The number of benzene rings is 1. The number of carbonyl (C=O) groups excluding carboxylic acids is 1. The topological polar surface area (TPSA) is 86.7 Å². The van der Waals surface area contributed by atoms with Gasteiger partial charge >= 0.3 is 6.18 Å². The Balaban J connectivity index is 2.44. The number of nitrogens with zero attached hydrogens (tertiary/aromatic N) is 1. The van der Waals surface area contributed by atoms with E-state index in [1.54, 1.807) is 13.8 Å². The van der Waals surface area contributed by atoms with Crippen molar-refractivity contribution in [2.24, 2.45) is 0 Å². The van der Waals surface area contributed by atoms with Crippen molar-refractivity contribution in [2.45, 2.75) is 35.7 Å². The molecule has 1 aromatic rings. The summed E-state index contributed by atoms with van der Waals surface area (Å²) in [6.07, 6.45) is -4.58. The summed E-state index contributed by atoms with van der Waals surface area (Å²) < 4.78 is 63.7. The van der Waals surface area contributed by atoms with E-state index in [0.717, 1.165) is 16.4 Å².